The average Bonchev–Trinajstić information content (AvgIpc) is 2.85. The van der Waals surface area contributed by atoms with E-state index < -0.39 is 6.19 Å². The van der Waals surface area contributed by atoms with Gasteiger partial charge in [-0.3, -0.25) is 0 Å². The Labute approximate surface area is 202 Å². The zero-order valence-corrected chi connectivity index (χ0v) is 21.2. The van der Waals surface area contributed by atoms with E-state index in [9.17, 15) is 5.11 Å². The molecule has 4 aromatic carbocycles. The molecule has 0 aliphatic heterocycles. The fraction of sp³-hybridized carbons (Fsp3) is 0.259. The maximum atomic E-state index is 11.0. The molecule has 0 amide bonds. The molecule has 1 fully saturated rings. The van der Waals surface area contributed by atoms with Gasteiger partial charge in [-0.15, -0.1) is 0 Å². The fourth-order valence-electron chi connectivity index (χ4n) is 4.68. The number of phenols is 1. The number of hydrogen-bond acceptors (Lipinski definition) is 4. The predicted molar refractivity (Wildman–Crippen MR) is 137 cm³/mol. The van der Waals surface area contributed by atoms with Crippen molar-refractivity contribution in [1.82, 2.24) is 0 Å². The van der Waals surface area contributed by atoms with Gasteiger partial charge in [-0.2, -0.15) is 0 Å². The van der Waals surface area contributed by atoms with Crippen molar-refractivity contribution in [1.29, 1.82) is 0 Å². The van der Waals surface area contributed by atoms with Gasteiger partial charge in [0.25, 0.3) is 0 Å². The van der Waals surface area contributed by atoms with Gasteiger partial charge in [-0.1, -0.05) is 0 Å². The molecule has 1 N–H and O–H groups in total. The first-order chi connectivity index (χ1) is 16.1. The van der Waals surface area contributed by atoms with E-state index in [2.05, 4.69) is 33.3 Å². The SMILES string of the molecule is COP(=[Se])(Oc1ccc2ccccc2c1-c1c(O)ccc2ccccc12)OC1CCCCC1. The molecule has 0 heterocycles. The topological polar surface area (TPSA) is 47.9 Å². The van der Waals surface area contributed by atoms with Gasteiger partial charge in [0, 0.05) is 0 Å². The Hall–Kier alpha value is -2.13. The van der Waals surface area contributed by atoms with Gasteiger partial charge in [0.15, 0.2) is 0 Å². The van der Waals surface area contributed by atoms with Crippen LogP contribution < -0.4 is 4.52 Å². The second kappa shape index (κ2) is 9.62. The van der Waals surface area contributed by atoms with Crippen LogP contribution in [0.1, 0.15) is 32.1 Å². The Kier molecular flexibility index (Phi) is 6.60. The molecule has 1 unspecified atom stereocenters. The van der Waals surface area contributed by atoms with Crippen molar-refractivity contribution in [3.63, 3.8) is 0 Å². The molecule has 1 saturated carbocycles. The van der Waals surface area contributed by atoms with Crippen molar-refractivity contribution in [2.45, 2.75) is 38.2 Å². The summed E-state index contributed by atoms with van der Waals surface area (Å²) in [5.74, 6) is 0.842. The van der Waals surface area contributed by atoms with Crippen LogP contribution in [0.2, 0.25) is 0 Å². The van der Waals surface area contributed by atoms with Gasteiger partial charge in [0.05, 0.1) is 0 Å². The molecule has 6 heteroatoms. The summed E-state index contributed by atoms with van der Waals surface area (Å²) < 4.78 is 18.8. The molecule has 0 spiro atoms. The van der Waals surface area contributed by atoms with Crippen LogP contribution in [0, 0.1) is 0 Å². The summed E-state index contributed by atoms with van der Waals surface area (Å²) in [7, 11) is 1.63. The third-order valence-corrected chi connectivity index (χ3v) is 9.68. The van der Waals surface area contributed by atoms with Crippen molar-refractivity contribution in [3.05, 3.63) is 72.8 Å². The summed E-state index contributed by atoms with van der Waals surface area (Å²) in [6.45, 7) is 0. The Bertz CT molecular complexity index is 1350. The van der Waals surface area contributed by atoms with Crippen molar-refractivity contribution < 1.29 is 18.7 Å². The van der Waals surface area contributed by atoms with E-state index in [4.69, 9.17) is 13.6 Å². The number of phenolic OH excluding ortho intramolecular Hbond substituents is 1. The minimum absolute atomic E-state index is 0.128. The summed E-state index contributed by atoms with van der Waals surface area (Å²) in [6, 6.07) is 23.9. The van der Waals surface area contributed by atoms with Crippen molar-refractivity contribution in [3.8, 4) is 22.6 Å². The molecule has 0 aromatic heterocycles. The van der Waals surface area contributed by atoms with Crippen molar-refractivity contribution >= 4 is 42.8 Å². The van der Waals surface area contributed by atoms with Gasteiger partial charge < -0.3 is 0 Å². The summed E-state index contributed by atoms with van der Waals surface area (Å²) in [4.78, 5) is 0. The molecule has 5 rings (SSSR count). The zero-order chi connectivity index (χ0) is 22.8. The summed E-state index contributed by atoms with van der Waals surface area (Å²) >= 11 is 3.10. The third kappa shape index (κ3) is 4.62. The normalized spacial score (nSPS) is 16.6. The Morgan fingerprint density at radius 2 is 1.39 bits per heavy atom. The quantitative estimate of drug-likeness (QED) is 0.208. The number of benzene rings is 4. The van der Waals surface area contributed by atoms with Gasteiger partial charge in [0.2, 0.25) is 0 Å². The number of hydrogen-bond donors (Lipinski definition) is 1. The van der Waals surface area contributed by atoms with Gasteiger partial charge in [0.1, 0.15) is 0 Å². The molecule has 0 saturated heterocycles. The molecule has 0 bridgehead atoms. The number of rotatable bonds is 6. The summed E-state index contributed by atoms with van der Waals surface area (Å²) in [5.41, 5.74) is 1.59. The van der Waals surface area contributed by atoms with Crippen LogP contribution in [0.3, 0.4) is 0 Å². The molecule has 4 aromatic rings. The van der Waals surface area contributed by atoms with E-state index in [-0.39, 0.29) is 11.9 Å². The molecule has 33 heavy (non-hydrogen) atoms. The van der Waals surface area contributed by atoms with Crippen molar-refractivity contribution in [2.75, 3.05) is 7.11 Å². The molecule has 4 nitrogen and oxygen atoms in total. The number of fused-ring (bicyclic) bond motifs is 2. The van der Waals surface area contributed by atoms with E-state index >= 15 is 0 Å². The van der Waals surface area contributed by atoms with Gasteiger partial charge in [-0.25, -0.2) is 0 Å². The fourth-order valence-corrected chi connectivity index (χ4v) is 7.13. The number of aromatic hydroxyl groups is 1. The van der Waals surface area contributed by atoms with E-state index in [0.717, 1.165) is 45.5 Å². The average molecular weight is 525 g/mol. The first-order valence-electron chi connectivity index (χ1n) is 11.3. The second-order valence-corrected chi connectivity index (χ2v) is 12.9. The Morgan fingerprint density at radius 3 is 2.06 bits per heavy atom. The van der Waals surface area contributed by atoms with Crippen LogP contribution in [0.5, 0.6) is 11.5 Å². The first kappa shape index (κ1) is 22.7. The van der Waals surface area contributed by atoms with Crippen LogP contribution in [0.15, 0.2) is 72.8 Å². The summed E-state index contributed by atoms with van der Waals surface area (Å²) in [5, 5.41) is 15.1. The summed E-state index contributed by atoms with van der Waals surface area (Å²) in [6.07, 6.45) is 3.00. The van der Waals surface area contributed by atoms with Crippen LogP contribution in [-0.2, 0) is 9.05 Å². The monoisotopic (exact) mass is 526 g/mol. The molecular weight excluding hydrogens is 498 g/mol. The third-order valence-electron chi connectivity index (χ3n) is 6.31. The zero-order valence-electron chi connectivity index (χ0n) is 18.6. The molecule has 1 aliphatic carbocycles. The Balaban J connectivity index is 1.68. The molecule has 170 valence electrons. The molecule has 0 radical (unpaired) electrons. The Morgan fingerprint density at radius 1 is 0.788 bits per heavy atom. The van der Waals surface area contributed by atoms with Crippen LogP contribution >= 0.6 is 6.19 Å². The van der Waals surface area contributed by atoms with Gasteiger partial charge >= 0.3 is 202 Å². The van der Waals surface area contributed by atoms with E-state index in [1.807, 2.05) is 48.5 Å². The van der Waals surface area contributed by atoms with Crippen LogP contribution in [0.4, 0.5) is 0 Å². The maximum absolute atomic E-state index is 11.0. The minimum atomic E-state index is -2.75. The molecule has 1 aliphatic rings. The van der Waals surface area contributed by atoms with Gasteiger partial charge in [-0.05, 0) is 0 Å². The predicted octanol–water partition coefficient (Wildman–Crippen LogP) is 7.59. The molecule has 1 atom stereocenters. The van der Waals surface area contributed by atoms with Crippen LogP contribution in [-0.4, -0.2) is 33.4 Å². The van der Waals surface area contributed by atoms with E-state index in [0.29, 0.717) is 5.75 Å². The molecular formula is C27H27O4PSe. The van der Waals surface area contributed by atoms with Crippen LogP contribution in [0.25, 0.3) is 32.7 Å². The van der Waals surface area contributed by atoms with E-state index in [1.54, 1.807) is 13.2 Å². The first-order valence-corrected chi connectivity index (χ1v) is 15.1. The second-order valence-electron chi connectivity index (χ2n) is 8.43. The van der Waals surface area contributed by atoms with Crippen molar-refractivity contribution in [2.24, 2.45) is 0 Å². The standard InChI is InChI=1S/C27H27O4PSe/c1-29-32(33,30-21-11-3-2-4-12-21)31-25-18-16-20-10-6-8-14-23(20)27(25)26-22-13-7-5-9-19(22)15-17-24(26)28/h5-10,13-18,21,28H,2-4,11-12H2,1H3. The van der Waals surface area contributed by atoms with E-state index in [1.165, 1.54) is 19.3 Å².